The van der Waals surface area contributed by atoms with E-state index in [0.717, 1.165) is 25.1 Å². The summed E-state index contributed by atoms with van der Waals surface area (Å²) in [4.78, 5) is 50.5. The summed E-state index contributed by atoms with van der Waals surface area (Å²) in [6, 6.07) is 18.9. The maximum Gasteiger partial charge on any atom is 0.253 e. The first kappa shape index (κ1) is 36.5. The maximum atomic E-state index is 13.1. The quantitative estimate of drug-likeness (QED) is 0.196. The first-order chi connectivity index (χ1) is 20.1. The lowest BCUT2D eigenvalue weighted by atomic mass is 9.90. The van der Waals surface area contributed by atoms with Crippen molar-refractivity contribution in [3.8, 4) is 5.75 Å². The fraction of sp³-hybridized carbons (Fsp3) is 0.394. The monoisotopic (exact) mass is 643 g/mol. The molecule has 3 amide bonds. The SMILES string of the molecule is CCN1C(=O)C(C)(C)C(=O)N(C)c2cc(OCCCN(CCN(C)C(=O)c3ccccc3)Cc3ccncc3)ccc21.Cl.Cl. The minimum atomic E-state index is -1.15. The van der Waals surface area contributed by atoms with E-state index in [4.69, 9.17) is 4.74 Å². The number of rotatable bonds is 12. The van der Waals surface area contributed by atoms with Crippen molar-refractivity contribution in [2.45, 2.75) is 33.7 Å². The Morgan fingerprint density at radius 2 is 1.59 bits per heavy atom. The lowest BCUT2D eigenvalue weighted by Gasteiger charge is -2.27. The van der Waals surface area contributed by atoms with Gasteiger partial charge >= 0.3 is 0 Å². The average molecular weight is 645 g/mol. The Bertz CT molecular complexity index is 1390. The third kappa shape index (κ3) is 8.49. The number of benzene rings is 2. The highest BCUT2D eigenvalue weighted by atomic mass is 35.5. The standard InChI is InChI=1S/C33H41N5O4.2ClH/c1-6-38-28-14-13-27(23-29(28)36(5)31(40)33(2,3)32(38)41)42-22-10-19-37(24-25-15-17-34-18-16-25)21-20-35(4)30(39)26-11-8-7-9-12-26;;/h7-9,11-18,23H,6,10,19-22,24H2,1-5H3;2*1H. The topological polar surface area (TPSA) is 86.3 Å². The Morgan fingerprint density at radius 1 is 0.909 bits per heavy atom. The Labute approximate surface area is 273 Å². The lowest BCUT2D eigenvalue weighted by Crippen LogP contribution is -2.47. The van der Waals surface area contributed by atoms with Gasteiger partial charge in [-0.1, -0.05) is 18.2 Å². The van der Waals surface area contributed by atoms with E-state index < -0.39 is 5.41 Å². The van der Waals surface area contributed by atoms with E-state index >= 15 is 0 Å². The fourth-order valence-corrected chi connectivity index (χ4v) is 5.16. The molecule has 0 atom stereocenters. The highest BCUT2D eigenvalue weighted by Gasteiger charge is 2.45. The van der Waals surface area contributed by atoms with Gasteiger partial charge in [0, 0.05) is 70.8 Å². The van der Waals surface area contributed by atoms with Crippen LogP contribution < -0.4 is 14.5 Å². The molecule has 0 saturated heterocycles. The molecule has 0 fully saturated rings. The molecule has 0 spiro atoms. The molecule has 1 aliphatic heterocycles. The molecule has 1 aromatic heterocycles. The summed E-state index contributed by atoms with van der Waals surface area (Å²) in [7, 11) is 3.53. The predicted octanol–water partition coefficient (Wildman–Crippen LogP) is 5.32. The zero-order chi connectivity index (χ0) is 30.3. The number of hydrogen-bond acceptors (Lipinski definition) is 6. The molecular weight excluding hydrogens is 601 g/mol. The molecule has 4 rings (SSSR count). The van der Waals surface area contributed by atoms with Gasteiger partial charge in [-0.3, -0.25) is 24.3 Å². The number of aromatic nitrogens is 1. The summed E-state index contributed by atoms with van der Waals surface area (Å²) in [6.45, 7) is 9.00. The van der Waals surface area contributed by atoms with E-state index in [1.807, 2.05) is 74.6 Å². The van der Waals surface area contributed by atoms with Crippen LogP contribution in [-0.4, -0.2) is 79.4 Å². The number of amides is 3. The van der Waals surface area contributed by atoms with Gasteiger partial charge in [-0.15, -0.1) is 24.8 Å². The highest BCUT2D eigenvalue weighted by Crippen LogP contribution is 2.40. The summed E-state index contributed by atoms with van der Waals surface area (Å²) in [5, 5.41) is 0. The van der Waals surface area contributed by atoms with Crippen molar-refractivity contribution in [2.75, 3.05) is 56.7 Å². The number of carbonyl (C=O) groups excluding carboxylic acids is 3. The van der Waals surface area contributed by atoms with Crippen molar-refractivity contribution in [1.29, 1.82) is 0 Å². The lowest BCUT2D eigenvalue weighted by molar-refractivity contribution is -0.137. The molecule has 2 heterocycles. The van der Waals surface area contributed by atoms with E-state index in [1.165, 1.54) is 0 Å². The van der Waals surface area contributed by atoms with Gasteiger partial charge in [0.25, 0.3) is 5.91 Å². The smallest absolute Gasteiger partial charge is 0.253 e. The van der Waals surface area contributed by atoms with Crippen molar-refractivity contribution < 1.29 is 19.1 Å². The largest absolute Gasteiger partial charge is 0.493 e. The zero-order valence-electron chi connectivity index (χ0n) is 26.1. The minimum Gasteiger partial charge on any atom is -0.493 e. The second-order valence-electron chi connectivity index (χ2n) is 11.1. The van der Waals surface area contributed by atoms with Crippen LogP contribution in [0.5, 0.6) is 5.75 Å². The molecule has 238 valence electrons. The molecule has 44 heavy (non-hydrogen) atoms. The van der Waals surface area contributed by atoms with Crippen LogP contribution in [-0.2, 0) is 16.1 Å². The zero-order valence-corrected chi connectivity index (χ0v) is 27.7. The van der Waals surface area contributed by atoms with Crippen LogP contribution in [0.15, 0.2) is 73.1 Å². The number of ether oxygens (including phenoxy) is 1. The van der Waals surface area contributed by atoms with Crippen LogP contribution in [0.4, 0.5) is 11.4 Å². The van der Waals surface area contributed by atoms with Gasteiger partial charge in [0.05, 0.1) is 18.0 Å². The minimum absolute atomic E-state index is 0. The second-order valence-corrected chi connectivity index (χ2v) is 11.1. The van der Waals surface area contributed by atoms with Gasteiger partial charge in [0.1, 0.15) is 11.2 Å². The summed E-state index contributed by atoms with van der Waals surface area (Å²) in [5.74, 6) is 0.190. The Balaban J connectivity index is 0.00000337. The predicted molar refractivity (Wildman–Crippen MR) is 179 cm³/mol. The second kappa shape index (κ2) is 16.4. The number of nitrogens with zero attached hydrogens (tertiary/aromatic N) is 5. The van der Waals surface area contributed by atoms with Crippen LogP contribution in [0.25, 0.3) is 0 Å². The van der Waals surface area contributed by atoms with Crippen molar-refractivity contribution in [2.24, 2.45) is 5.41 Å². The Hall–Kier alpha value is -3.66. The van der Waals surface area contributed by atoms with Crippen molar-refractivity contribution in [3.05, 3.63) is 84.2 Å². The Kier molecular flexibility index (Phi) is 13.6. The number of anilines is 2. The van der Waals surface area contributed by atoms with Crippen LogP contribution in [0.3, 0.4) is 0 Å². The Morgan fingerprint density at radius 3 is 2.25 bits per heavy atom. The van der Waals surface area contributed by atoms with Crippen molar-refractivity contribution in [3.63, 3.8) is 0 Å². The third-order valence-corrected chi connectivity index (χ3v) is 7.70. The van der Waals surface area contributed by atoms with Crippen LogP contribution in [0.2, 0.25) is 0 Å². The number of likely N-dealkylation sites (N-methyl/N-ethyl adjacent to an activating group) is 1. The molecule has 0 unspecified atom stereocenters. The highest BCUT2D eigenvalue weighted by molar-refractivity contribution is 6.20. The first-order valence-corrected chi connectivity index (χ1v) is 14.4. The molecule has 0 saturated carbocycles. The van der Waals surface area contributed by atoms with Gasteiger partial charge in [-0.25, -0.2) is 0 Å². The third-order valence-electron chi connectivity index (χ3n) is 7.70. The average Bonchev–Trinajstić information content (AvgIpc) is 3.06. The van der Waals surface area contributed by atoms with Crippen LogP contribution in [0, 0.1) is 5.41 Å². The molecule has 2 aromatic carbocycles. The number of hydrogen-bond donors (Lipinski definition) is 0. The first-order valence-electron chi connectivity index (χ1n) is 14.4. The van der Waals surface area contributed by atoms with E-state index in [-0.39, 0.29) is 42.5 Å². The van der Waals surface area contributed by atoms with Crippen molar-refractivity contribution in [1.82, 2.24) is 14.8 Å². The van der Waals surface area contributed by atoms with Gasteiger partial charge < -0.3 is 19.4 Å². The molecular formula is C33H43Cl2N5O4. The van der Waals surface area contributed by atoms with Crippen molar-refractivity contribution >= 4 is 53.9 Å². The summed E-state index contributed by atoms with van der Waals surface area (Å²) < 4.78 is 6.12. The number of fused-ring (bicyclic) bond motifs is 1. The van der Waals surface area contributed by atoms with Crippen LogP contribution in [0.1, 0.15) is 43.1 Å². The van der Waals surface area contributed by atoms with Gasteiger partial charge in [-0.05, 0) is 69.2 Å². The number of carbonyl (C=O) groups is 3. The number of pyridine rings is 1. The maximum absolute atomic E-state index is 13.1. The molecule has 0 aliphatic carbocycles. The molecule has 0 radical (unpaired) electrons. The normalized spacial score (nSPS) is 13.9. The molecule has 9 nitrogen and oxygen atoms in total. The molecule has 0 N–H and O–H groups in total. The van der Waals surface area contributed by atoms with E-state index in [2.05, 4.69) is 9.88 Å². The fourth-order valence-electron chi connectivity index (χ4n) is 5.16. The summed E-state index contributed by atoms with van der Waals surface area (Å²) in [6.07, 6.45) is 4.34. The van der Waals surface area contributed by atoms with E-state index in [1.54, 1.807) is 48.0 Å². The summed E-state index contributed by atoms with van der Waals surface area (Å²) in [5.41, 5.74) is 2.04. The molecule has 11 heteroatoms. The van der Waals surface area contributed by atoms with E-state index in [0.29, 0.717) is 48.9 Å². The van der Waals surface area contributed by atoms with Crippen LogP contribution >= 0.6 is 24.8 Å². The molecule has 0 bridgehead atoms. The number of halogens is 2. The van der Waals surface area contributed by atoms with Gasteiger partial charge in [0.15, 0.2) is 0 Å². The summed E-state index contributed by atoms with van der Waals surface area (Å²) >= 11 is 0. The molecule has 1 aliphatic rings. The molecule has 3 aromatic rings. The van der Waals surface area contributed by atoms with Gasteiger partial charge in [-0.2, -0.15) is 0 Å². The van der Waals surface area contributed by atoms with Gasteiger partial charge in [0.2, 0.25) is 11.8 Å². The van der Waals surface area contributed by atoms with E-state index in [9.17, 15) is 14.4 Å².